The first-order valence-electron chi connectivity index (χ1n) is 8.09. The van der Waals surface area contributed by atoms with Crippen molar-refractivity contribution in [2.24, 2.45) is 17.8 Å². The second-order valence-electron chi connectivity index (χ2n) is 7.27. The first kappa shape index (κ1) is 18.7. The van der Waals surface area contributed by atoms with Crippen molar-refractivity contribution in [3.63, 3.8) is 0 Å². The predicted octanol–water partition coefficient (Wildman–Crippen LogP) is 3.06. The highest BCUT2D eigenvalue weighted by atomic mass is 16.6. The summed E-state index contributed by atoms with van der Waals surface area (Å²) in [6.45, 7) is 11.7. The number of piperidine rings is 1. The Labute approximate surface area is 133 Å². The van der Waals surface area contributed by atoms with E-state index in [1.807, 2.05) is 34.6 Å². The minimum atomic E-state index is -0.551. The summed E-state index contributed by atoms with van der Waals surface area (Å²) in [5, 5.41) is 0. The standard InChI is InChI=1S/C17H29NO4/c1-7-13(12(3)19)15(20)14-10-18(9-8-11(14)2)16(21)22-17(4,5)6/h11,13-14H,7-10H2,1-6H3/t11-,13?,14+/m0/s1. The van der Waals surface area contributed by atoms with Gasteiger partial charge in [-0.15, -0.1) is 0 Å². The van der Waals surface area contributed by atoms with E-state index in [9.17, 15) is 14.4 Å². The SMILES string of the molecule is CCC(C(C)=O)C(=O)[C@@H]1CN(C(=O)OC(C)(C)C)CC[C@@H]1C. The van der Waals surface area contributed by atoms with Gasteiger partial charge in [-0.25, -0.2) is 4.79 Å². The van der Waals surface area contributed by atoms with Crippen molar-refractivity contribution in [3.8, 4) is 0 Å². The number of nitrogens with zero attached hydrogens (tertiary/aromatic N) is 1. The minimum Gasteiger partial charge on any atom is -0.444 e. The first-order chi connectivity index (χ1) is 10.1. The number of ketones is 2. The van der Waals surface area contributed by atoms with Gasteiger partial charge in [0.15, 0.2) is 0 Å². The lowest BCUT2D eigenvalue weighted by Crippen LogP contribution is -2.49. The zero-order valence-electron chi connectivity index (χ0n) is 14.6. The van der Waals surface area contributed by atoms with Crippen LogP contribution >= 0.6 is 0 Å². The van der Waals surface area contributed by atoms with Crippen LogP contribution in [0.15, 0.2) is 0 Å². The van der Waals surface area contributed by atoms with Crippen molar-refractivity contribution in [2.75, 3.05) is 13.1 Å². The van der Waals surface area contributed by atoms with E-state index in [4.69, 9.17) is 4.74 Å². The fraction of sp³-hybridized carbons (Fsp3) is 0.824. The number of ether oxygens (including phenoxy) is 1. The minimum absolute atomic E-state index is 0.0317. The van der Waals surface area contributed by atoms with Gasteiger partial charge >= 0.3 is 6.09 Å². The van der Waals surface area contributed by atoms with Gasteiger partial charge in [0.2, 0.25) is 0 Å². The molecule has 0 saturated carbocycles. The number of hydrogen-bond donors (Lipinski definition) is 0. The zero-order chi connectivity index (χ0) is 17.1. The monoisotopic (exact) mass is 311 g/mol. The van der Waals surface area contributed by atoms with Crippen LogP contribution in [0.1, 0.15) is 54.4 Å². The Morgan fingerprint density at radius 3 is 2.32 bits per heavy atom. The van der Waals surface area contributed by atoms with Crippen LogP contribution in [-0.2, 0) is 14.3 Å². The van der Waals surface area contributed by atoms with Crippen molar-refractivity contribution in [1.82, 2.24) is 4.90 Å². The van der Waals surface area contributed by atoms with Gasteiger partial charge in [0.1, 0.15) is 17.2 Å². The number of rotatable bonds is 4. The van der Waals surface area contributed by atoms with E-state index in [2.05, 4.69) is 0 Å². The maximum absolute atomic E-state index is 12.6. The Bertz CT molecular complexity index is 438. The lowest BCUT2D eigenvalue weighted by atomic mass is 9.78. The quantitative estimate of drug-likeness (QED) is 0.749. The fourth-order valence-electron chi connectivity index (χ4n) is 2.88. The number of carbonyl (C=O) groups is 3. The smallest absolute Gasteiger partial charge is 0.410 e. The van der Waals surface area contributed by atoms with E-state index in [1.165, 1.54) is 6.92 Å². The Hall–Kier alpha value is -1.39. The highest BCUT2D eigenvalue weighted by molar-refractivity contribution is 6.02. The molecule has 126 valence electrons. The first-order valence-corrected chi connectivity index (χ1v) is 8.09. The van der Waals surface area contributed by atoms with Crippen molar-refractivity contribution >= 4 is 17.7 Å². The van der Waals surface area contributed by atoms with Crippen molar-refractivity contribution in [2.45, 2.75) is 60.0 Å². The third-order valence-electron chi connectivity index (χ3n) is 4.22. The molecule has 1 unspecified atom stereocenters. The van der Waals surface area contributed by atoms with Crippen LogP contribution in [0.3, 0.4) is 0 Å². The van der Waals surface area contributed by atoms with Gasteiger partial charge in [0.05, 0.1) is 5.92 Å². The molecule has 1 saturated heterocycles. The molecule has 0 spiro atoms. The van der Waals surface area contributed by atoms with Gasteiger partial charge in [-0.2, -0.15) is 0 Å². The molecule has 1 heterocycles. The Morgan fingerprint density at radius 1 is 1.27 bits per heavy atom. The van der Waals surface area contributed by atoms with Crippen molar-refractivity contribution in [3.05, 3.63) is 0 Å². The molecule has 5 nitrogen and oxygen atoms in total. The molecule has 0 aliphatic carbocycles. The van der Waals surface area contributed by atoms with E-state index in [0.717, 1.165) is 6.42 Å². The molecule has 22 heavy (non-hydrogen) atoms. The van der Waals surface area contributed by atoms with E-state index in [1.54, 1.807) is 4.90 Å². The topological polar surface area (TPSA) is 63.7 Å². The highest BCUT2D eigenvalue weighted by Gasteiger charge is 2.38. The molecule has 1 aliphatic heterocycles. The van der Waals surface area contributed by atoms with Crippen LogP contribution in [0.2, 0.25) is 0 Å². The molecule has 0 aromatic carbocycles. The average molecular weight is 311 g/mol. The lowest BCUT2D eigenvalue weighted by Gasteiger charge is -2.37. The van der Waals surface area contributed by atoms with Gasteiger partial charge in [0, 0.05) is 19.0 Å². The third-order valence-corrected chi connectivity index (χ3v) is 4.22. The third kappa shape index (κ3) is 4.82. The number of carbonyl (C=O) groups excluding carboxylic acids is 3. The van der Waals surface area contributed by atoms with Crippen molar-refractivity contribution < 1.29 is 19.1 Å². The normalized spacial score (nSPS) is 23.8. The number of likely N-dealkylation sites (tertiary alicyclic amines) is 1. The Morgan fingerprint density at radius 2 is 1.86 bits per heavy atom. The molecule has 0 N–H and O–H groups in total. The molecule has 0 bridgehead atoms. The Balaban J connectivity index is 2.81. The van der Waals surface area contributed by atoms with E-state index < -0.39 is 11.5 Å². The maximum Gasteiger partial charge on any atom is 0.410 e. The molecule has 1 rings (SSSR count). The second-order valence-corrected chi connectivity index (χ2v) is 7.27. The zero-order valence-corrected chi connectivity index (χ0v) is 14.6. The molecule has 1 amide bonds. The molecule has 5 heteroatoms. The van der Waals surface area contributed by atoms with Crippen LogP contribution in [-0.4, -0.2) is 41.3 Å². The molecule has 1 fully saturated rings. The van der Waals surface area contributed by atoms with Crippen molar-refractivity contribution in [1.29, 1.82) is 0 Å². The average Bonchev–Trinajstić information content (AvgIpc) is 2.37. The Kier molecular flexibility index (Phi) is 6.15. The van der Waals surface area contributed by atoms with Gasteiger partial charge in [0.25, 0.3) is 0 Å². The van der Waals surface area contributed by atoms with Crippen LogP contribution in [0.4, 0.5) is 4.79 Å². The van der Waals surface area contributed by atoms with Crippen LogP contribution in [0.5, 0.6) is 0 Å². The van der Waals surface area contributed by atoms with Crippen LogP contribution in [0.25, 0.3) is 0 Å². The molecule has 0 aromatic heterocycles. The number of hydrogen-bond acceptors (Lipinski definition) is 4. The number of amides is 1. The van der Waals surface area contributed by atoms with E-state index in [0.29, 0.717) is 19.5 Å². The summed E-state index contributed by atoms with van der Waals surface area (Å²) < 4.78 is 5.38. The van der Waals surface area contributed by atoms with Gasteiger partial charge < -0.3 is 9.64 Å². The fourth-order valence-corrected chi connectivity index (χ4v) is 2.88. The molecular weight excluding hydrogens is 282 g/mol. The van der Waals surface area contributed by atoms with Crippen LogP contribution in [0, 0.1) is 17.8 Å². The maximum atomic E-state index is 12.6. The summed E-state index contributed by atoms with van der Waals surface area (Å²) in [6, 6.07) is 0. The summed E-state index contributed by atoms with van der Waals surface area (Å²) in [7, 11) is 0. The molecule has 1 aliphatic rings. The summed E-state index contributed by atoms with van der Waals surface area (Å²) in [5.41, 5.74) is -0.551. The summed E-state index contributed by atoms with van der Waals surface area (Å²) >= 11 is 0. The summed E-state index contributed by atoms with van der Waals surface area (Å²) in [5.74, 6) is -0.773. The molecule has 0 radical (unpaired) electrons. The number of Topliss-reactive ketones (excluding diaryl/α,β-unsaturated/α-hetero) is 2. The highest BCUT2D eigenvalue weighted by Crippen LogP contribution is 2.28. The summed E-state index contributed by atoms with van der Waals surface area (Å²) in [4.78, 5) is 38.1. The predicted molar refractivity (Wildman–Crippen MR) is 84.5 cm³/mol. The molecule has 3 atom stereocenters. The van der Waals surface area contributed by atoms with Gasteiger partial charge in [-0.1, -0.05) is 13.8 Å². The second kappa shape index (κ2) is 7.25. The molecular formula is C17H29NO4. The summed E-state index contributed by atoms with van der Waals surface area (Å²) in [6.07, 6.45) is 0.890. The largest absolute Gasteiger partial charge is 0.444 e. The van der Waals surface area contributed by atoms with Gasteiger partial charge in [-0.05, 0) is 46.5 Å². The molecule has 0 aromatic rings. The van der Waals surface area contributed by atoms with E-state index >= 15 is 0 Å². The van der Waals surface area contributed by atoms with Gasteiger partial charge in [-0.3, -0.25) is 9.59 Å². The lowest BCUT2D eigenvalue weighted by molar-refractivity contribution is -0.136. The van der Waals surface area contributed by atoms with E-state index in [-0.39, 0.29) is 29.5 Å². The van der Waals surface area contributed by atoms with Crippen LogP contribution < -0.4 is 0 Å².